The van der Waals surface area contributed by atoms with E-state index in [1.165, 1.54) is 0 Å². The van der Waals surface area contributed by atoms with E-state index in [-0.39, 0.29) is 11.9 Å². The van der Waals surface area contributed by atoms with Crippen LogP contribution in [0, 0.1) is 0 Å². The molecular weight excluding hydrogens is 384 g/mol. The molecule has 20 heavy (non-hydrogen) atoms. The minimum Gasteiger partial charge on any atom is -0.376 e. The Hall–Kier alpha value is -1.33. The first-order valence-electron chi connectivity index (χ1n) is 6.24. The lowest BCUT2D eigenvalue weighted by Gasteiger charge is -2.17. The van der Waals surface area contributed by atoms with Crippen LogP contribution in [0.2, 0.25) is 0 Å². The first-order valence-corrected chi connectivity index (χ1v) is 7.82. The highest BCUT2D eigenvalue weighted by Gasteiger charge is 2.22. The fourth-order valence-corrected chi connectivity index (χ4v) is 2.97. The molecule has 0 bridgehead atoms. The van der Waals surface area contributed by atoms with Crippen LogP contribution in [0.15, 0.2) is 51.4 Å². The molecular formula is C15H12Br2N2O. The smallest absolute Gasteiger partial charge is 0.226 e. The Labute approximate surface area is 134 Å². The number of hydrogen-bond acceptors (Lipinski definition) is 2. The normalized spacial score (nSPS) is 17.7. The molecule has 0 aromatic heterocycles. The molecule has 3 nitrogen and oxygen atoms in total. The lowest BCUT2D eigenvalue weighted by Crippen LogP contribution is -2.15. The van der Waals surface area contributed by atoms with Gasteiger partial charge in [-0.2, -0.15) is 0 Å². The van der Waals surface area contributed by atoms with E-state index >= 15 is 0 Å². The Kier molecular flexibility index (Phi) is 3.81. The summed E-state index contributed by atoms with van der Waals surface area (Å²) in [4.78, 5) is 12.0. The first kappa shape index (κ1) is 13.6. The van der Waals surface area contributed by atoms with E-state index in [9.17, 15) is 4.79 Å². The summed E-state index contributed by atoms with van der Waals surface area (Å²) in [6.45, 7) is 0. The molecule has 1 heterocycles. The van der Waals surface area contributed by atoms with Crippen molar-refractivity contribution in [2.45, 2.75) is 12.5 Å². The topological polar surface area (TPSA) is 41.1 Å². The second-order valence-corrected chi connectivity index (χ2v) is 6.38. The number of carbonyl (C=O) groups excluding carboxylic acids is 1. The lowest BCUT2D eigenvalue weighted by molar-refractivity contribution is -0.116. The van der Waals surface area contributed by atoms with Gasteiger partial charge in [0, 0.05) is 8.95 Å². The number of nitrogens with one attached hydrogen (secondary N) is 2. The van der Waals surface area contributed by atoms with Crippen LogP contribution in [0.5, 0.6) is 0 Å². The third kappa shape index (κ3) is 2.74. The SMILES string of the molecule is O=C1C[C@H](c2ccccc2)Nc2cc(Br)c(Br)cc2N1. The number of rotatable bonds is 1. The molecule has 0 saturated carbocycles. The van der Waals surface area contributed by atoms with Crippen molar-refractivity contribution in [1.82, 2.24) is 0 Å². The summed E-state index contributed by atoms with van der Waals surface area (Å²) in [5, 5.41) is 6.38. The Morgan fingerprint density at radius 3 is 2.35 bits per heavy atom. The van der Waals surface area contributed by atoms with Crippen molar-refractivity contribution in [2.75, 3.05) is 10.6 Å². The van der Waals surface area contributed by atoms with Gasteiger partial charge in [-0.1, -0.05) is 30.3 Å². The lowest BCUT2D eigenvalue weighted by atomic mass is 10.0. The van der Waals surface area contributed by atoms with Crippen LogP contribution in [-0.4, -0.2) is 5.91 Å². The fourth-order valence-electron chi connectivity index (χ4n) is 2.28. The quantitative estimate of drug-likeness (QED) is 0.734. The summed E-state index contributed by atoms with van der Waals surface area (Å²) in [5.74, 6) is 0.0133. The van der Waals surface area contributed by atoms with E-state index < -0.39 is 0 Å². The molecule has 0 fully saturated rings. The molecule has 1 aliphatic heterocycles. The van der Waals surface area contributed by atoms with Gasteiger partial charge in [0.15, 0.2) is 0 Å². The van der Waals surface area contributed by atoms with Gasteiger partial charge in [0.2, 0.25) is 5.91 Å². The number of hydrogen-bond donors (Lipinski definition) is 2. The van der Waals surface area contributed by atoms with Crippen molar-refractivity contribution in [2.24, 2.45) is 0 Å². The van der Waals surface area contributed by atoms with Crippen molar-refractivity contribution in [1.29, 1.82) is 0 Å². The molecule has 1 aliphatic rings. The summed E-state index contributed by atoms with van der Waals surface area (Å²) in [6, 6.07) is 13.9. The van der Waals surface area contributed by atoms with Crippen LogP contribution >= 0.6 is 31.9 Å². The predicted octanol–water partition coefficient (Wildman–Crippen LogP) is 4.71. The minimum absolute atomic E-state index is 0.0133. The van der Waals surface area contributed by atoms with Gasteiger partial charge in [-0.25, -0.2) is 0 Å². The van der Waals surface area contributed by atoms with Gasteiger partial charge < -0.3 is 10.6 Å². The fraction of sp³-hybridized carbons (Fsp3) is 0.133. The van der Waals surface area contributed by atoms with Gasteiger partial charge in [0.25, 0.3) is 0 Å². The molecule has 0 radical (unpaired) electrons. The van der Waals surface area contributed by atoms with E-state index in [4.69, 9.17) is 0 Å². The standard InChI is InChI=1S/C15H12Br2N2O/c16-10-6-13-14(7-11(10)17)19-15(20)8-12(18-13)9-4-2-1-3-5-9/h1-7,12,18H,8H2,(H,19,20)/t12-/m1/s1. The monoisotopic (exact) mass is 394 g/mol. The molecule has 1 amide bonds. The number of fused-ring (bicyclic) bond motifs is 1. The number of halogens is 2. The van der Waals surface area contributed by atoms with Gasteiger partial charge in [-0.15, -0.1) is 0 Å². The van der Waals surface area contributed by atoms with Gasteiger partial charge >= 0.3 is 0 Å². The van der Waals surface area contributed by atoms with Gasteiger partial charge in [0.05, 0.1) is 23.8 Å². The van der Waals surface area contributed by atoms with Crippen LogP contribution in [-0.2, 0) is 4.79 Å². The maximum Gasteiger partial charge on any atom is 0.226 e. The van der Waals surface area contributed by atoms with E-state index in [1.807, 2.05) is 42.5 Å². The highest BCUT2D eigenvalue weighted by atomic mass is 79.9. The maximum absolute atomic E-state index is 12.0. The first-order chi connectivity index (χ1) is 9.63. The maximum atomic E-state index is 12.0. The van der Waals surface area contributed by atoms with Crippen molar-refractivity contribution in [3.63, 3.8) is 0 Å². The van der Waals surface area contributed by atoms with E-state index in [0.29, 0.717) is 6.42 Å². The summed E-state index contributed by atoms with van der Waals surface area (Å²) in [5.41, 5.74) is 2.82. The average molecular weight is 396 g/mol. The second kappa shape index (κ2) is 5.58. The zero-order valence-electron chi connectivity index (χ0n) is 10.5. The van der Waals surface area contributed by atoms with Crippen molar-refractivity contribution in [3.05, 3.63) is 57.0 Å². The molecule has 1 atom stereocenters. The Morgan fingerprint density at radius 2 is 1.65 bits per heavy atom. The van der Waals surface area contributed by atoms with Gasteiger partial charge in [0.1, 0.15) is 0 Å². The Bertz CT molecular complexity index is 658. The summed E-state index contributed by atoms with van der Waals surface area (Å²) < 4.78 is 1.86. The molecule has 5 heteroatoms. The highest BCUT2D eigenvalue weighted by molar-refractivity contribution is 9.13. The number of anilines is 2. The molecule has 0 saturated heterocycles. The van der Waals surface area contributed by atoms with Gasteiger partial charge in [-0.3, -0.25) is 4.79 Å². The van der Waals surface area contributed by atoms with Crippen LogP contribution in [0.3, 0.4) is 0 Å². The van der Waals surface area contributed by atoms with Crippen molar-refractivity contribution < 1.29 is 4.79 Å². The van der Waals surface area contributed by atoms with Crippen LogP contribution in [0.25, 0.3) is 0 Å². The van der Waals surface area contributed by atoms with Gasteiger partial charge in [-0.05, 0) is 49.6 Å². The number of benzene rings is 2. The third-order valence-electron chi connectivity index (χ3n) is 3.26. The predicted molar refractivity (Wildman–Crippen MR) is 87.9 cm³/mol. The van der Waals surface area contributed by atoms with Crippen LogP contribution < -0.4 is 10.6 Å². The minimum atomic E-state index is -0.0227. The van der Waals surface area contributed by atoms with E-state index in [0.717, 1.165) is 25.9 Å². The second-order valence-electron chi connectivity index (χ2n) is 4.67. The van der Waals surface area contributed by atoms with Crippen molar-refractivity contribution >= 4 is 49.1 Å². The zero-order chi connectivity index (χ0) is 14.1. The van der Waals surface area contributed by atoms with Crippen LogP contribution in [0.1, 0.15) is 18.0 Å². The molecule has 102 valence electrons. The van der Waals surface area contributed by atoms with E-state index in [1.54, 1.807) is 0 Å². The molecule has 0 aliphatic carbocycles. The molecule has 2 N–H and O–H groups in total. The summed E-state index contributed by atoms with van der Waals surface area (Å²) >= 11 is 6.95. The summed E-state index contributed by atoms with van der Waals surface area (Å²) in [6.07, 6.45) is 0.411. The Morgan fingerprint density at radius 1 is 1.00 bits per heavy atom. The number of carbonyl (C=O) groups is 1. The molecule has 0 spiro atoms. The summed E-state index contributed by atoms with van der Waals surface area (Å²) in [7, 11) is 0. The highest BCUT2D eigenvalue weighted by Crippen LogP contribution is 2.37. The van der Waals surface area contributed by atoms with Crippen molar-refractivity contribution in [3.8, 4) is 0 Å². The molecule has 3 rings (SSSR count). The van der Waals surface area contributed by atoms with Crippen LogP contribution in [0.4, 0.5) is 11.4 Å². The Balaban J connectivity index is 2.01. The molecule has 2 aromatic carbocycles. The zero-order valence-corrected chi connectivity index (χ0v) is 13.7. The van der Waals surface area contributed by atoms with E-state index in [2.05, 4.69) is 42.5 Å². The largest absolute Gasteiger partial charge is 0.376 e. The molecule has 2 aromatic rings. The third-order valence-corrected chi connectivity index (χ3v) is 5.10. The number of amides is 1. The molecule has 0 unspecified atom stereocenters. The average Bonchev–Trinajstić information content (AvgIpc) is 2.59.